The van der Waals surface area contributed by atoms with Crippen molar-refractivity contribution in [1.82, 2.24) is 29.4 Å². The number of hydrogen-bond donors (Lipinski definition) is 1. The van der Waals surface area contributed by atoms with E-state index in [1.165, 1.54) is 35.3 Å². The first-order valence-corrected chi connectivity index (χ1v) is 16.1. The van der Waals surface area contributed by atoms with Gasteiger partial charge >= 0.3 is 5.69 Å². The summed E-state index contributed by atoms with van der Waals surface area (Å²) in [6.07, 6.45) is 7.50. The Bertz CT molecular complexity index is 1990. The summed E-state index contributed by atoms with van der Waals surface area (Å²) in [5.41, 5.74) is 6.05. The Morgan fingerprint density at radius 2 is 1.98 bits per heavy atom. The first-order chi connectivity index (χ1) is 21.0. The number of benzene rings is 1. The van der Waals surface area contributed by atoms with Crippen LogP contribution in [0.25, 0.3) is 28.0 Å². The van der Waals surface area contributed by atoms with Crippen LogP contribution in [-0.2, 0) is 14.6 Å². The Morgan fingerprint density at radius 1 is 1.20 bits per heavy atom. The maximum absolute atomic E-state index is 16.0. The van der Waals surface area contributed by atoms with E-state index >= 15 is 4.39 Å². The van der Waals surface area contributed by atoms with Gasteiger partial charge in [0.1, 0.15) is 23.7 Å². The van der Waals surface area contributed by atoms with E-state index in [0.29, 0.717) is 25.2 Å². The molecular formula is C30H31FN8O4S. The van der Waals surface area contributed by atoms with Gasteiger partial charge in [-0.15, -0.1) is 0 Å². The SMILES string of the molecule is C=CC(=O)N1CCN(c2nc(=O)n(-c3c(C4CCC4)cccc3S(C)(=O)=O)c3nc(-c4cncnc4N)c(F)cc23)[C@@H](C)C1. The van der Waals surface area contributed by atoms with Gasteiger partial charge in [-0.3, -0.25) is 4.79 Å². The van der Waals surface area contributed by atoms with Crippen LogP contribution in [0.2, 0.25) is 0 Å². The molecule has 1 aliphatic heterocycles. The second-order valence-electron chi connectivity index (χ2n) is 11.2. The zero-order chi connectivity index (χ0) is 31.3. The molecule has 1 amide bonds. The zero-order valence-electron chi connectivity index (χ0n) is 24.3. The highest BCUT2D eigenvalue weighted by Gasteiger charge is 2.33. The van der Waals surface area contributed by atoms with Crippen LogP contribution < -0.4 is 16.3 Å². The van der Waals surface area contributed by atoms with Crippen LogP contribution in [0.3, 0.4) is 0 Å². The summed E-state index contributed by atoms with van der Waals surface area (Å²) < 4.78 is 43.4. The second kappa shape index (κ2) is 11.1. The van der Waals surface area contributed by atoms with E-state index in [-0.39, 0.29) is 62.4 Å². The first kappa shape index (κ1) is 29.4. The van der Waals surface area contributed by atoms with E-state index in [4.69, 9.17) is 5.73 Å². The third-order valence-electron chi connectivity index (χ3n) is 8.38. The number of piperazine rings is 1. The van der Waals surface area contributed by atoms with Crippen molar-refractivity contribution >= 4 is 38.4 Å². The number of nitrogens with zero attached hydrogens (tertiary/aromatic N) is 7. The lowest BCUT2D eigenvalue weighted by molar-refractivity contribution is -0.126. The normalized spacial score (nSPS) is 17.5. The third kappa shape index (κ3) is 4.98. The Balaban J connectivity index is 1.67. The van der Waals surface area contributed by atoms with Crippen molar-refractivity contribution in [2.24, 2.45) is 0 Å². The van der Waals surface area contributed by atoms with Crippen molar-refractivity contribution in [3.05, 3.63) is 71.3 Å². The molecule has 44 heavy (non-hydrogen) atoms. The van der Waals surface area contributed by atoms with E-state index in [2.05, 4.69) is 26.5 Å². The molecule has 1 aliphatic carbocycles. The lowest BCUT2D eigenvalue weighted by Crippen LogP contribution is -2.54. The molecule has 14 heteroatoms. The van der Waals surface area contributed by atoms with Gasteiger partial charge in [0.05, 0.1) is 21.5 Å². The summed E-state index contributed by atoms with van der Waals surface area (Å²) >= 11 is 0. The molecule has 6 rings (SSSR count). The summed E-state index contributed by atoms with van der Waals surface area (Å²) in [5.74, 6) is -0.780. The number of anilines is 2. The number of halogens is 1. The van der Waals surface area contributed by atoms with Gasteiger partial charge in [-0.05, 0) is 49.5 Å². The number of para-hydroxylation sites is 1. The highest BCUT2D eigenvalue weighted by atomic mass is 32.2. The topological polar surface area (TPSA) is 157 Å². The lowest BCUT2D eigenvalue weighted by atomic mass is 9.79. The van der Waals surface area contributed by atoms with Crippen molar-refractivity contribution in [3.8, 4) is 16.9 Å². The minimum Gasteiger partial charge on any atom is -0.383 e. The quantitative estimate of drug-likeness (QED) is 0.319. The maximum Gasteiger partial charge on any atom is 0.355 e. The zero-order valence-corrected chi connectivity index (χ0v) is 25.1. The van der Waals surface area contributed by atoms with E-state index < -0.39 is 21.3 Å². The molecule has 0 unspecified atom stereocenters. The Hall–Kier alpha value is -4.72. The number of sulfone groups is 1. The minimum absolute atomic E-state index is 0.00752. The maximum atomic E-state index is 16.0. The van der Waals surface area contributed by atoms with Gasteiger partial charge in [0, 0.05) is 38.1 Å². The summed E-state index contributed by atoms with van der Waals surface area (Å²) in [6, 6.07) is 5.85. The van der Waals surface area contributed by atoms with Crippen LogP contribution in [0.15, 0.2) is 59.1 Å². The van der Waals surface area contributed by atoms with Crippen molar-refractivity contribution in [3.63, 3.8) is 0 Å². The average Bonchev–Trinajstić information content (AvgIpc) is 2.95. The van der Waals surface area contributed by atoms with E-state index in [9.17, 15) is 18.0 Å². The molecule has 0 spiro atoms. The molecule has 2 aliphatic rings. The number of carbonyl (C=O) groups excluding carboxylic acids is 1. The number of rotatable bonds is 6. The number of nitrogens with two attached hydrogens (primary N) is 1. The molecule has 1 atom stereocenters. The third-order valence-corrected chi connectivity index (χ3v) is 9.51. The Kier molecular flexibility index (Phi) is 7.40. The van der Waals surface area contributed by atoms with Gasteiger partial charge in [0.15, 0.2) is 21.3 Å². The standard InChI is InChI=1S/C30H31FN8O4S/c1-4-24(40)37-11-12-38(17(2)15-37)28-20-13-22(31)25(21-14-33-16-34-27(21)32)35-29(20)39(30(41)36-28)26-19(18-7-5-8-18)9-6-10-23(26)44(3,42)43/h4,6,9-10,13-14,16-18H,1,5,7-8,11-12,15H2,2-3H3,(H2,32,33,34)/t17-/m0/s1. The fraction of sp³-hybridized carbons (Fsp3) is 0.333. The minimum atomic E-state index is -3.83. The first-order valence-electron chi connectivity index (χ1n) is 14.2. The molecule has 228 valence electrons. The molecule has 4 aromatic rings. The van der Waals surface area contributed by atoms with Crippen molar-refractivity contribution in [1.29, 1.82) is 0 Å². The van der Waals surface area contributed by atoms with Crippen LogP contribution in [0.4, 0.5) is 16.0 Å². The molecule has 2 N–H and O–H groups in total. The highest BCUT2D eigenvalue weighted by molar-refractivity contribution is 7.90. The summed E-state index contributed by atoms with van der Waals surface area (Å²) in [5, 5.41) is 0.194. The number of nitrogen functional groups attached to an aromatic ring is 1. The largest absolute Gasteiger partial charge is 0.383 e. The summed E-state index contributed by atoms with van der Waals surface area (Å²) in [7, 11) is -3.83. The van der Waals surface area contributed by atoms with Crippen LogP contribution in [0.1, 0.15) is 37.7 Å². The van der Waals surface area contributed by atoms with Crippen LogP contribution >= 0.6 is 0 Å². The molecule has 12 nitrogen and oxygen atoms in total. The van der Waals surface area contributed by atoms with E-state index in [1.54, 1.807) is 11.0 Å². The number of fused-ring (bicyclic) bond motifs is 1. The van der Waals surface area contributed by atoms with Crippen LogP contribution in [0.5, 0.6) is 0 Å². The molecule has 4 heterocycles. The second-order valence-corrected chi connectivity index (χ2v) is 13.2. The van der Waals surface area contributed by atoms with E-state index in [0.717, 1.165) is 25.5 Å². The van der Waals surface area contributed by atoms with Gasteiger partial charge in [0.25, 0.3) is 0 Å². The lowest BCUT2D eigenvalue weighted by Gasteiger charge is -2.40. The van der Waals surface area contributed by atoms with Crippen molar-refractivity contribution in [2.75, 3.05) is 36.5 Å². The van der Waals surface area contributed by atoms with Gasteiger partial charge < -0.3 is 15.5 Å². The molecule has 1 saturated heterocycles. The monoisotopic (exact) mass is 618 g/mol. The molecule has 0 bridgehead atoms. The number of carbonyl (C=O) groups is 1. The van der Waals surface area contributed by atoms with Crippen LogP contribution in [-0.4, -0.2) is 75.7 Å². The molecular weight excluding hydrogens is 587 g/mol. The fourth-order valence-electron chi connectivity index (χ4n) is 5.96. The predicted molar refractivity (Wildman–Crippen MR) is 164 cm³/mol. The molecule has 2 fully saturated rings. The summed E-state index contributed by atoms with van der Waals surface area (Å²) in [6.45, 7) is 6.39. The number of amides is 1. The van der Waals surface area contributed by atoms with Gasteiger partial charge in [0.2, 0.25) is 5.91 Å². The highest BCUT2D eigenvalue weighted by Crippen LogP contribution is 2.42. The summed E-state index contributed by atoms with van der Waals surface area (Å²) in [4.78, 5) is 46.8. The smallest absolute Gasteiger partial charge is 0.355 e. The Labute approximate surface area is 253 Å². The number of hydrogen-bond acceptors (Lipinski definition) is 10. The van der Waals surface area contributed by atoms with Gasteiger partial charge in [-0.1, -0.05) is 25.1 Å². The predicted octanol–water partition coefficient (Wildman–Crippen LogP) is 2.85. The van der Waals surface area contributed by atoms with Gasteiger partial charge in [-0.2, -0.15) is 4.98 Å². The van der Waals surface area contributed by atoms with Crippen molar-refractivity contribution in [2.45, 2.75) is 43.0 Å². The average molecular weight is 619 g/mol. The fourth-order valence-corrected chi connectivity index (χ4v) is 6.85. The number of aromatic nitrogens is 5. The molecule has 1 saturated carbocycles. The Morgan fingerprint density at radius 3 is 2.61 bits per heavy atom. The van der Waals surface area contributed by atoms with Crippen LogP contribution in [0, 0.1) is 5.82 Å². The number of pyridine rings is 1. The van der Waals surface area contributed by atoms with Gasteiger partial charge in [-0.25, -0.2) is 37.1 Å². The molecule has 0 radical (unpaired) electrons. The molecule has 1 aromatic carbocycles. The van der Waals surface area contributed by atoms with Crippen molar-refractivity contribution < 1.29 is 17.6 Å². The molecule has 3 aromatic heterocycles. The van der Waals surface area contributed by atoms with E-state index in [1.807, 2.05) is 17.9 Å².